The second kappa shape index (κ2) is 8.62. The van der Waals surface area contributed by atoms with Crippen LogP contribution in [0.5, 0.6) is 5.75 Å². The third kappa shape index (κ3) is 3.90. The zero-order valence-corrected chi connectivity index (χ0v) is 20.8. The van der Waals surface area contributed by atoms with Gasteiger partial charge in [-0.1, -0.05) is 30.3 Å². The molecule has 8 heteroatoms. The Balaban J connectivity index is 1.38. The van der Waals surface area contributed by atoms with Crippen LogP contribution in [-0.4, -0.2) is 50.6 Å². The van der Waals surface area contributed by atoms with Gasteiger partial charge in [0.25, 0.3) is 0 Å². The third-order valence-electron chi connectivity index (χ3n) is 7.26. The van der Waals surface area contributed by atoms with E-state index in [1.165, 1.54) is 5.56 Å². The second-order valence-electron chi connectivity index (χ2n) is 9.52. The predicted octanol–water partition coefficient (Wildman–Crippen LogP) is 3.79. The molecule has 0 fully saturated rings. The predicted molar refractivity (Wildman–Crippen MR) is 134 cm³/mol. The quantitative estimate of drug-likeness (QED) is 0.555. The molecule has 3 aromatic rings. The van der Waals surface area contributed by atoms with Crippen molar-refractivity contribution >= 4 is 15.7 Å². The molecule has 0 radical (unpaired) electrons. The van der Waals surface area contributed by atoms with Crippen LogP contribution in [0.15, 0.2) is 53.4 Å². The Labute approximate surface area is 206 Å². The summed E-state index contributed by atoms with van der Waals surface area (Å²) >= 11 is 0. The summed E-state index contributed by atoms with van der Waals surface area (Å²) in [4.78, 5) is 7.43. The van der Waals surface area contributed by atoms with E-state index in [0.29, 0.717) is 38.5 Å². The van der Waals surface area contributed by atoms with Crippen molar-refractivity contribution in [3.63, 3.8) is 0 Å². The molecule has 2 aromatic carbocycles. The van der Waals surface area contributed by atoms with E-state index >= 15 is 0 Å². The number of rotatable bonds is 3. The van der Waals surface area contributed by atoms with E-state index in [1.54, 1.807) is 16.4 Å². The maximum Gasteiger partial charge on any atom is 0.243 e. The van der Waals surface area contributed by atoms with E-state index in [-0.39, 0.29) is 11.0 Å². The van der Waals surface area contributed by atoms with Crippen molar-refractivity contribution in [1.82, 2.24) is 9.29 Å². The number of likely N-dealkylation sites (N-methyl/N-ethyl adjacent to an activating group) is 1. The van der Waals surface area contributed by atoms with Crippen LogP contribution >= 0.6 is 0 Å². The molecule has 3 aliphatic rings. The Morgan fingerprint density at radius 1 is 1.03 bits per heavy atom. The molecule has 0 N–H and O–H groups in total. The number of hydrogen-bond acceptors (Lipinski definition) is 6. The Morgan fingerprint density at radius 3 is 2.69 bits per heavy atom. The molecule has 3 aliphatic heterocycles. The second-order valence-corrected chi connectivity index (χ2v) is 11.5. The molecule has 0 aliphatic carbocycles. The van der Waals surface area contributed by atoms with E-state index in [2.05, 4.69) is 24.0 Å². The van der Waals surface area contributed by atoms with Crippen LogP contribution in [0.4, 0.5) is 5.69 Å². The number of nitrogens with zero attached hydrogens (tertiary/aromatic N) is 3. The van der Waals surface area contributed by atoms with Gasteiger partial charge in [-0.3, -0.25) is 4.98 Å². The van der Waals surface area contributed by atoms with Crippen LogP contribution < -0.4 is 9.64 Å². The summed E-state index contributed by atoms with van der Waals surface area (Å²) in [6, 6.07) is 15.4. The summed E-state index contributed by atoms with van der Waals surface area (Å²) in [6.07, 6.45) is 1.44. The number of pyridine rings is 1. The van der Waals surface area contributed by atoms with E-state index in [1.807, 2.05) is 31.3 Å². The van der Waals surface area contributed by atoms with Crippen LogP contribution in [0.25, 0.3) is 11.3 Å². The molecule has 1 atom stereocenters. The molecule has 6 rings (SSSR count). The number of sulfonamides is 1. The van der Waals surface area contributed by atoms with Gasteiger partial charge in [-0.2, -0.15) is 4.31 Å². The monoisotopic (exact) mass is 491 g/mol. The first-order valence-electron chi connectivity index (χ1n) is 12.1. The molecule has 0 bridgehead atoms. The maximum absolute atomic E-state index is 13.7. The lowest BCUT2D eigenvalue weighted by Gasteiger charge is -2.34. The molecule has 35 heavy (non-hydrogen) atoms. The topological polar surface area (TPSA) is 72.0 Å². The third-order valence-corrected chi connectivity index (χ3v) is 9.10. The summed E-state index contributed by atoms with van der Waals surface area (Å²) in [5.41, 5.74) is 7.26. The highest BCUT2D eigenvalue weighted by atomic mass is 32.2. The van der Waals surface area contributed by atoms with Crippen molar-refractivity contribution in [3.8, 4) is 17.0 Å². The Morgan fingerprint density at radius 2 is 1.86 bits per heavy atom. The highest BCUT2D eigenvalue weighted by Gasteiger charge is 2.34. The van der Waals surface area contributed by atoms with Crippen LogP contribution in [0.1, 0.15) is 29.3 Å². The zero-order valence-electron chi connectivity index (χ0n) is 20.0. The smallest absolute Gasteiger partial charge is 0.243 e. The van der Waals surface area contributed by atoms with Crippen molar-refractivity contribution < 1.29 is 17.9 Å². The van der Waals surface area contributed by atoms with E-state index < -0.39 is 10.0 Å². The lowest BCUT2D eigenvalue weighted by Crippen LogP contribution is -2.38. The van der Waals surface area contributed by atoms with Gasteiger partial charge in [-0.15, -0.1) is 0 Å². The lowest BCUT2D eigenvalue weighted by atomic mass is 9.89. The number of aromatic nitrogens is 1. The van der Waals surface area contributed by atoms with E-state index in [4.69, 9.17) is 14.5 Å². The Bertz CT molecular complexity index is 1390. The fraction of sp³-hybridized carbons (Fsp3) is 0.370. The zero-order chi connectivity index (χ0) is 24.2. The summed E-state index contributed by atoms with van der Waals surface area (Å²) < 4.78 is 40.7. The van der Waals surface area contributed by atoms with Gasteiger partial charge in [0, 0.05) is 50.3 Å². The number of anilines is 1. The van der Waals surface area contributed by atoms with Crippen molar-refractivity contribution in [2.24, 2.45) is 0 Å². The van der Waals surface area contributed by atoms with Gasteiger partial charge in [0.05, 0.1) is 35.5 Å². The average Bonchev–Trinajstić information content (AvgIpc) is 2.88. The molecule has 0 saturated carbocycles. The van der Waals surface area contributed by atoms with Gasteiger partial charge < -0.3 is 14.4 Å². The van der Waals surface area contributed by atoms with Crippen LogP contribution in [0, 0.1) is 0 Å². The van der Waals surface area contributed by atoms with Gasteiger partial charge in [0.2, 0.25) is 10.0 Å². The Kier molecular flexibility index (Phi) is 5.55. The van der Waals surface area contributed by atoms with Crippen molar-refractivity contribution in [3.05, 3.63) is 70.9 Å². The fourth-order valence-corrected chi connectivity index (χ4v) is 6.73. The minimum absolute atomic E-state index is 0.0989. The summed E-state index contributed by atoms with van der Waals surface area (Å²) in [7, 11) is -1.70. The highest BCUT2D eigenvalue weighted by Crippen LogP contribution is 2.38. The number of ether oxygens (including phenoxy) is 2. The van der Waals surface area contributed by atoms with Gasteiger partial charge in [0.15, 0.2) is 0 Å². The molecule has 7 nitrogen and oxygen atoms in total. The first-order chi connectivity index (χ1) is 16.9. The summed E-state index contributed by atoms with van der Waals surface area (Å²) in [6.45, 7) is 4.58. The Hall–Kier alpha value is -2.94. The van der Waals surface area contributed by atoms with Crippen LogP contribution in [0.3, 0.4) is 0 Å². The molecular weight excluding hydrogens is 462 g/mol. The normalized spacial score (nSPS) is 19.9. The van der Waals surface area contributed by atoms with E-state index in [0.717, 1.165) is 46.7 Å². The van der Waals surface area contributed by atoms with Crippen LogP contribution in [-0.2, 0) is 40.8 Å². The van der Waals surface area contributed by atoms with Crippen LogP contribution in [0.2, 0.25) is 0 Å². The van der Waals surface area contributed by atoms with E-state index in [9.17, 15) is 8.42 Å². The number of hydrogen-bond donors (Lipinski definition) is 0. The van der Waals surface area contributed by atoms with Crippen molar-refractivity contribution in [2.45, 2.75) is 43.9 Å². The minimum atomic E-state index is -3.69. The average molecular weight is 492 g/mol. The molecule has 0 unspecified atom stereocenters. The van der Waals surface area contributed by atoms with Gasteiger partial charge in [0.1, 0.15) is 12.4 Å². The molecule has 0 saturated heterocycles. The summed E-state index contributed by atoms with van der Waals surface area (Å²) in [5.74, 6) is 0.617. The number of benzene rings is 2. The number of fused-ring (bicyclic) bond motifs is 4. The largest absolute Gasteiger partial charge is 0.490 e. The fourth-order valence-electron chi connectivity index (χ4n) is 5.30. The molecule has 1 aromatic heterocycles. The van der Waals surface area contributed by atoms with Gasteiger partial charge in [-0.25, -0.2) is 8.42 Å². The van der Waals surface area contributed by atoms with Crippen molar-refractivity contribution in [1.29, 1.82) is 0 Å². The maximum atomic E-state index is 13.7. The lowest BCUT2D eigenvalue weighted by molar-refractivity contribution is 0.0400. The van der Waals surface area contributed by atoms with Gasteiger partial charge >= 0.3 is 0 Å². The standard InChI is InChI=1S/C27H29N3O4S/c1-18-14-21-23(17-34-18)22-16-30(11-10-24(22)28-27(21)19-6-4-3-5-7-19)35(31,32)20-8-9-25-26(15-20)33-13-12-29(25)2/h3-9,15,18H,10-14,16-17H2,1-2H3/t18-/m0/s1. The molecule has 0 amide bonds. The first-order valence-corrected chi connectivity index (χ1v) is 13.5. The molecule has 4 heterocycles. The first kappa shape index (κ1) is 22.5. The van der Waals surface area contributed by atoms with Crippen molar-refractivity contribution in [2.75, 3.05) is 31.6 Å². The SMILES string of the molecule is C[C@H]1Cc2c(-c3ccccc3)nc3c(c2CO1)CN(S(=O)(=O)c1ccc2c(c1)OCCN2C)CC3. The molecular formula is C27H29N3O4S. The molecule has 0 spiro atoms. The minimum Gasteiger partial charge on any atom is -0.490 e. The summed E-state index contributed by atoms with van der Waals surface area (Å²) in [5, 5.41) is 0. The van der Waals surface area contributed by atoms with Gasteiger partial charge in [-0.05, 0) is 35.7 Å². The highest BCUT2D eigenvalue weighted by molar-refractivity contribution is 7.89. The molecule has 182 valence electrons.